The fourth-order valence-electron chi connectivity index (χ4n) is 2.83. The standard InChI is InChI=1S/C16H23BrN2O/c1-4-19-9-7-14(8-10-19)18(3)16-6-5-13(12(2)20)11-15(16)17/h5-6,11,14H,4,7-10H2,1-3H3. The molecule has 1 aliphatic rings. The lowest BCUT2D eigenvalue weighted by molar-refractivity contribution is 0.101. The Morgan fingerprint density at radius 3 is 2.55 bits per heavy atom. The van der Waals surface area contributed by atoms with Crippen LogP contribution in [0.15, 0.2) is 22.7 Å². The van der Waals surface area contributed by atoms with Gasteiger partial charge in [0.25, 0.3) is 0 Å². The molecule has 3 nitrogen and oxygen atoms in total. The molecule has 1 heterocycles. The molecule has 2 rings (SSSR count). The van der Waals surface area contributed by atoms with Crippen LogP contribution >= 0.6 is 15.9 Å². The maximum absolute atomic E-state index is 11.4. The number of piperidine rings is 1. The van der Waals surface area contributed by atoms with Crippen LogP contribution < -0.4 is 4.90 Å². The lowest BCUT2D eigenvalue weighted by Gasteiger charge is -2.37. The summed E-state index contributed by atoms with van der Waals surface area (Å²) in [5, 5.41) is 0. The summed E-state index contributed by atoms with van der Waals surface area (Å²) >= 11 is 3.60. The van der Waals surface area contributed by atoms with E-state index in [1.165, 1.54) is 31.6 Å². The number of carbonyl (C=O) groups excluding carboxylic acids is 1. The minimum Gasteiger partial charge on any atom is -0.371 e. The molecule has 0 atom stereocenters. The molecular formula is C16H23BrN2O. The van der Waals surface area contributed by atoms with Crippen molar-refractivity contribution in [2.24, 2.45) is 0 Å². The van der Waals surface area contributed by atoms with Crippen LogP contribution in [0.25, 0.3) is 0 Å². The molecule has 4 heteroatoms. The van der Waals surface area contributed by atoms with Crippen molar-refractivity contribution in [1.82, 2.24) is 4.90 Å². The van der Waals surface area contributed by atoms with Gasteiger partial charge in [0.15, 0.2) is 5.78 Å². The second kappa shape index (κ2) is 6.72. The summed E-state index contributed by atoms with van der Waals surface area (Å²) in [5.41, 5.74) is 1.93. The summed E-state index contributed by atoms with van der Waals surface area (Å²) in [5.74, 6) is 0.108. The number of carbonyl (C=O) groups is 1. The number of likely N-dealkylation sites (tertiary alicyclic amines) is 1. The Morgan fingerprint density at radius 1 is 1.40 bits per heavy atom. The number of rotatable bonds is 4. The first-order chi connectivity index (χ1) is 9.52. The van der Waals surface area contributed by atoms with Crippen LogP contribution in [-0.4, -0.2) is 43.4 Å². The second-order valence-electron chi connectivity index (χ2n) is 5.50. The Morgan fingerprint density at radius 2 is 2.05 bits per heavy atom. The van der Waals surface area contributed by atoms with Gasteiger partial charge in [0.05, 0.1) is 5.69 Å². The van der Waals surface area contributed by atoms with Crippen LogP contribution in [-0.2, 0) is 0 Å². The first-order valence-electron chi connectivity index (χ1n) is 7.28. The Balaban J connectivity index is 2.09. The molecule has 0 radical (unpaired) electrons. The molecule has 0 amide bonds. The summed E-state index contributed by atoms with van der Waals surface area (Å²) in [6.07, 6.45) is 2.40. The van der Waals surface area contributed by atoms with E-state index in [0.717, 1.165) is 16.6 Å². The van der Waals surface area contributed by atoms with Gasteiger partial charge in [0.1, 0.15) is 0 Å². The van der Waals surface area contributed by atoms with E-state index in [1.54, 1.807) is 6.92 Å². The molecule has 1 saturated heterocycles. The topological polar surface area (TPSA) is 23.6 Å². The fraction of sp³-hybridized carbons (Fsp3) is 0.562. The molecule has 0 unspecified atom stereocenters. The van der Waals surface area contributed by atoms with E-state index in [1.807, 2.05) is 18.2 Å². The van der Waals surface area contributed by atoms with E-state index in [2.05, 4.69) is 39.7 Å². The number of hydrogen-bond acceptors (Lipinski definition) is 3. The van der Waals surface area contributed by atoms with Crippen molar-refractivity contribution < 1.29 is 4.79 Å². The van der Waals surface area contributed by atoms with Crippen molar-refractivity contribution in [3.8, 4) is 0 Å². The van der Waals surface area contributed by atoms with E-state index < -0.39 is 0 Å². The van der Waals surface area contributed by atoms with Crippen LogP contribution in [0.2, 0.25) is 0 Å². The van der Waals surface area contributed by atoms with Gasteiger partial charge in [-0.2, -0.15) is 0 Å². The van der Waals surface area contributed by atoms with Crippen LogP contribution in [0.5, 0.6) is 0 Å². The van der Waals surface area contributed by atoms with Crippen molar-refractivity contribution in [1.29, 1.82) is 0 Å². The molecule has 1 aromatic rings. The Bertz CT molecular complexity index is 481. The van der Waals surface area contributed by atoms with Gasteiger partial charge in [-0.1, -0.05) is 6.92 Å². The number of Topliss-reactive ketones (excluding diaryl/α,β-unsaturated/α-hetero) is 1. The Kier molecular flexibility index (Phi) is 5.22. The average molecular weight is 339 g/mol. The number of benzene rings is 1. The zero-order valence-corrected chi connectivity index (χ0v) is 14.1. The minimum atomic E-state index is 0.108. The normalized spacial score (nSPS) is 17.2. The number of ketones is 1. The van der Waals surface area contributed by atoms with Gasteiger partial charge < -0.3 is 9.80 Å². The van der Waals surface area contributed by atoms with E-state index in [9.17, 15) is 4.79 Å². The van der Waals surface area contributed by atoms with Crippen LogP contribution in [0.1, 0.15) is 37.0 Å². The first-order valence-corrected chi connectivity index (χ1v) is 8.08. The molecule has 0 aliphatic carbocycles. The van der Waals surface area contributed by atoms with Gasteiger partial charge >= 0.3 is 0 Å². The van der Waals surface area contributed by atoms with E-state index in [-0.39, 0.29) is 5.78 Å². The van der Waals surface area contributed by atoms with Crippen LogP contribution in [0.4, 0.5) is 5.69 Å². The number of nitrogens with zero attached hydrogens (tertiary/aromatic N) is 2. The summed E-state index contributed by atoms with van der Waals surface area (Å²) in [6, 6.07) is 6.47. The molecular weight excluding hydrogens is 316 g/mol. The number of halogens is 1. The van der Waals surface area contributed by atoms with Crippen molar-refractivity contribution in [2.45, 2.75) is 32.7 Å². The first kappa shape index (κ1) is 15.5. The van der Waals surface area contributed by atoms with Gasteiger partial charge in [-0.05, 0) is 60.4 Å². The Labute approximate surface area is 130 Å². The maximum atomic E-state index is 11.4. The van der Waals surface area contributed by atoms with Gasteiger partial charge in [0.2, 0.25) is 0 Å². The smallest absolute Gasteiger partial charge is 0.159 e. The summed E-state index contributed by atoms with van der Waals surface area (Å²) < 4.78 is 1.01. The molecule has 1 aliphatic heterocycles. The van der Waals surface area contributed by atoms with Crippen LogP contribution in [0, 0.1) is 0 Å². The molecule has 0 saturated carbocycles. The van der Waals surface area contributed by atoms with E-state index in [4.69, 9.17) is 0 Å². The summed E-state index contributed by atoms with van der Waals surface area (Å²) in [6.45, 7) is 7.32. The quantitative estimate of drug-likeness (QED) is 0.784. The predicted molar refractivity (Wildman–Crippen MR) is 87.7 cm³/mol. The average Bonchev–Trinajstić information content (AvgIpc) is 2.46. The molecule has 1 aromatic carbocycles. The number of anilines is 1. The third kappa shape index (κ3) is 3.41. The predicted octanol–water partition coefficient (Wildman–Crippen LogP) is 3.57. The third-order valence-corrected chi connectivity index (χ3v) is 4.92. The third-order valence-electron chi connectivity index (χ3n) is 4.29. The molecule has 1 fully saturated rings. The fourth-order valence-corrected chi connectivity index (χ4v) is 3.49. The highest BCUT2D eigenvalue weighted by Crippen LogP contribution is 2.30. The van der Waals surface area contributed by atoms with Gasteiger partial charge in [-0.3, -0.25) is 4.79 Å². The van der Waals surface area contributed by atoms with Crippen molar-refractivity contribution >= 4 is 27.4 Å². The zero-order chi connectivity index (χ0) is 14.7. The van der Waals surface area contributed by atoms with Crippen molar-refractivity contribution in [2.75, 3.05) is 31.6 Å². The molecule has 20 heavy (non-hydrogen) atoms. The largest absolute Gasteiger partial charge is 0.371 e. The van der Waals surface area contributed by atoms with Crippen molar-refractivity contribution in [3.63, 3.8) is 0 Å². The van der Waals surface area contributed by atoms with E-state index in [0.29, 0.717) is 6.04 Å². The van der Waals surface area contributed by atoms with Gasteiger partial charge in [-0.15, -0.1) is 0 Å². The van der Waals surface area contributed by atoms with Gasteiger partial charge in [-0.25, -0.2) is 0 Å². The summed E-state index contributed by atoms with van der Waals surface area (Å²) in [4.78, 5) is 16.3. The molecule has 110 valence electrons. The van der Waals surface area contributed by atoms with E-state index >= 15 is 0 Å². The lowest BCUT2D eigenvalue weighted by Crippen LogP contribution is -2.43. The molecule has 0 spiro atoms. The molecule has 0 N–H and O–H groups in total. The van der Waals surface area contributed by atoms with Crippen molar-refractivity contribution in [3.05, 3.63) is 28.2 Å². The Hall–Kier alpha value is -0.870. The van der Waals surface area contributed by atoms with Gasteiger partial charge in [0, 0.05) is 36.2 Å². The molecule has 0 bridgehead atoms. The zero-order valence-electron chi connectivity index (χ0n) is 12.5. The lowest BCUT2D eigenvalue weighted by atomic mass is 10.0. The number of hydrogen-bond donors (Lipinski definition) is 0. The molecule has 0 aromatic heterocycles. The summed E-state index contributed by atoms with van der Waals surface area (Å²) in [7, 11) is 2.15. The highest BCUT2D eigenvalue weighted by atomic mass is 79.9. The highest BCUT2D eigenvalue weighted by Gasteiger charge is 2.23. The monoisotopic (exact) mass is 338 g/mol. The van der Waals surface area contributed by atoms with Crippen LogP contribution in [0.3, 0.4) is 0 Å². The highest BCUT2D eigenvalue weighted by molar-refractivity contribution is 9.10. The maximum Gasteiger partial charge on any atom is 0.159 e. The minimum absolute atomic E-state index is 0.108. The second-order valence-corrected chi connectivity index (χ2v) is 6.35. The SMILES string of the molecule is CCN1CCC(N(C)c2ccc(C(C)=O)cc2Br)CC1.